The molecule has 0 spiro atoms. The molecule has 2 rings (SSSR count). The largest absolute Gasteiger partial charge is 0.369 e. The topological polar surface area (TPSA) is 85.2 Å². The van der Waals surface area contributed by atoms with Gasteiger partial charge in [0.15, 0.2) is 0 Å². The summed E-state index contributed by atoms with van der Waals surface area (Å²) in [6.07, 6.45) is 3.61. The SMILES string of the molecule is CC(N)C(c1ccccn1)N1CC(C(N)=O)CCC1C. The van der Waals surface area contributed by atoms with Gasteiger partial charge in [0, 0.05) is 24.8 Å². The molecule has 4 unspecified atom stereocenters. The Kier molecular flexibility index (Phi) is 4.73. The Morgan fingerprint density at radius 2 is 2.20 bits per heavy atom. The second kappa shape index (κ2) is 6.33. The summed E-state index contributed by atoms with van der Waals surface area (Å²) in [4.78, 5) is 18.2. The minimum atomic E-state index is -0.216. The van der Waals surface area contributed by atoms with Crippen LogP contribution >= 0.6 is 0 Å². The number of likely N-dealkylation sites (tertiary alicyclic amines) is 1. The molecular weight excluding hydrogens is 252 g/mol. The molecule has 0 bridgehead atoms. The van der Waals surface area contributed by atoms with Crippen LogP contribution in [0, 0.1) is 5.92 Å². The highest BCUT2D eigenvalue weighted by atomic mass is 16.1. The van der Waals surface area contributed by atoms with E-state index in [0.29, 0.717) is 12.6 Å². The number of hydrogen-bond acceptors (Lipinski definition) is 4. The molecule has 5 heteroatoms. The molecule has 1 aromatic heterocycles. The molecule has 1 aliphatic heterocycles. The summed E-state index contributed by atoms with van der Waals surface area (Å²) in [6.45, 7) is 4.83. The highest BCUT2D eigenvalue weighted by Gasteiger charge is 2.35. The van der Waals surface area contributed by atoms with Crippen molar-refractivity contribution in [2.75, 3.05) is 6.54 Å². The molecule has 4 atom stereocenters. The lowest BCUT2D eigenvalue weighted by Gasteiger charge is -2.43. The van der Waals surface area contributed by atoms with Crippen molar-refractivity contribution in [3.63, 3.8) is 0 Å². The van der Waals surface area contributed by atoms with Gasteiger partial charge in [-0.2, -0.15) is 0 Å². The zero-order valence-corrected chi connectivity index (χ0v) is 12.2. The van der Waals surface area contributed by atoms with Crippen molar-refractivity contribution < 1.29 is 4.79 Å². The number of rotatable bonds is 4. The maximum Gasteiger partial charge on any atom is 0.221 e. The van der Waals surface area contributed by atoms with Gasteiger partial charge < -0.3 is 11.5 Å². The molecule has 0 aliphatic carbocycles. The minimum Gasteiger partial charge on any atom is -0.369 e. The third kappa shape index (κ3) is 3.16. The fourth-order valence-electron chi connectivity index (χ4n) is 3.05. The van der Waals surface area contributed by atoms with Crippen LogP contribution in [0.5, 0.6) is 0 Å². The van der Waals surface area contributed by atoms with Crippen molar-refractivity contribution >= 4 is 5.91 Å². The molecule has 1 saturated heterocycles. The van der Waals surface area contributed by atoms with E-state index in [1.807, 2.05) is 25.1 Å². The van der Waals surface area contributed by atoms with E-state index in [1.54, 1.807) is 6.20 Å². The van der Waals surface area contributed by atoms with Gasteiger partial charge in [-0.1, -0.05) is 6.07 Å². The Balaban J connectivity index is 2.26. The van der Waals surface area contributed by atoms with Crippen LogP contribution in [0.3, 0.4) is 0 Å². The van der Waals surface area contributed by atoms with E-state index in [-0.39, 0.29) is 23.9 Å². The lowest BCUT2D eigenvalue weighted by molar-refractivity contribution is -0.124. The molecule has 5 nitrogen and oxygen atoms in total. The first-order valence-corrected chi connectivity index (χ1v) is 7.22. The second-order valence-electron chi connectivity index (χ2n) is 5.78. The fraction of sp³-hybridized carbons (Fsp3) is 0.600. The van der Waals surface area contributed by atoms with Gasteiger partial charge in [-0.3, -0.25) is 14.7 Å². The molecule has 0 saturated carbocycles. The molecule has 0 radical (unpaired) electrons. The first-order valence-electron chi connectivity index (χ1n) is 7.22. The van der Waals surface area contributed by atoms with Crippen LogP contribution in [0.25, 0.3) is 0 Å². The molecule has 0 aromatic carbocycles. The minimum absolute atomic E-state index is 0.0216. The van der Waals surface area contributed by atoms with Crippen molar-refractivity contribution in [2.24, 2.45) is 17.4 Å². The maximum absolute atomic E-state index is 11.5. The molecule has 1 aliphatic rings. The Morgan fingerprint density at radius 3 is 2.75 bits per heavy atom. The fourth-order valence-corrected chi connectivity index (χ4v) is 3.05. The summed E-state index contributed by atoms with van der Waals surface area (Å²) in [5, 5.41) is 0. The van der Waals surface area contributed by atoms with Crippen molar-refractivity contribution in [1.82, 2.24) is 9.88 Å². The second-order valence-corrected chi connectivity index (χ2v) is 5.78. The summed E-state index contributed by atoms with van der Waals surface area (Å²) in [5.41, 5.74) is 12.6. The molecule has 20 heavy (non-hydrogen) atoms. The number of hydrogen-bond donors (Lipinski definition) is 2. The van der Waals surface area contributed by atoms with Crippen LogP contribution < -0.4 is 11.5 Å². The predicted octanol–water partition coefficient (Wildman–Crippen LogP) is 1.06. The van der Waals surface area contributed by atoms with Gasteiger partial charge in [0.25, 0.3) is 0 Å². The third-order valence-electron chi connectivity index (χ3n) is 4.18. The average molecular weight is 276 g/mol. The van der Waals surface area contributed by atoms with Crippen LogP contribution in [-0.4, -0.2) is 34.4 Å². The number of pyridine rings is 1. The van der Waals surface area contributed by atoms with Crippen LogP contribution in [0.2, 0.25) is 0 Å². The normalized spacial score (nSPS) is 26.9. The number of carbonyl (C=O) groups excluding carboxylic acids is 1. The molecule has 1 aromatic rings. The van der Waals surface area contributed by atoms with Crippen LogP contribution in [0.1, 0.15) is 38.4 Å². The third-order valence-corrected chi connectivity index (χ3v) is 4.18. The van der Waals surface area contributed by atoms with Gasteiger partial charge in [-0.25, -0.2) is 0 Å². The quantitative estimate of drug-likeness (QED) is 0.861. The monoisotopic (exact) mass is 276 g/mol. The molecule has 110 valence electrons. The van der Waals surface area contributed by atoms with Gasteiger partial charge in [0.2, 0.25) is 5.91 Å². The Hall–Kier alpha value is -1.46. The van der Waals surface area contributed by atoms with Crippen molar-refractivity contribution in [3.05, 3.63) is 30.1 Å². The number of amides is 1. The molecule has 2 heterocycles. The first-order chi connectivity index (χ1) is 9.50. The first kappa shape index (κ1) is 14.9. The Labute approximate surface area is 120 Å². The smallest absolute Gasteiger partial charge is 0.221 e. The number of nitrogens with zero attached hydrogens (tertiary/aromatic N) is 2. The van der Waals surface area contributed by atoms with Gasteiger partial charge in [0.1, 0.15) is 0 Å². The highest BCUT2D eigenvalue weighted by Crippen LogP contribution is 2.31. The highest BCUT2D eigenvalue weighted by molar-refractivity contribution is 5.77. The van der Waals surface area contributed by atoms with Crippen molar-refractivity contribution in [1.29, 1.82) is 0 Å². The average Bonchev–Trinajstić information content (AvgIpc) is 2.41. The number of carbonyl (C=O) groups is 1. The van der Waals surface area contributed by atoms with E-state index >= 15 is 0 Å². The molecule has 1 amide bonds. The van der Waals surface area contributed by atoms with E-state index in [9.17, 15) is 4.79 Å². The zero-order valence-electron chi connectivity index (χ0n) is 12.2. The zero-order chi connectivity index (χ0) is 14.7. The van der Waals surface area contributed by atoms with Crippen molar-refractivity contribution in [2.45, 2.75) is 44.8 Å². The Morgan fingerprint density at radius 1 is 1.45 bits per heavy atom. The van der Waals surface area contributed by atoms with Crippen molar-refractivity contribution in [3.8, 4) is 0 Å². The maximum atomic E-state index is 11.5. The summed E-state index contributed by atoms with van der Waals surface area (Å²) in [6, 6.07) is 6.20. The summed E-state index contributed by atoms with van der Waals surface area (Å²) < 4.78 is 0. The lowest BCUT2D eigenvalue weighted by atomic mass is 9.89. The van der Waals surface area contributed by atoms with Gasteiger partial charge in [0.05, 0.1) is 17.7 Å². The van der Waals surface area contributed by atoms with Crippen LogP contribution in [0.4, 0.5) is 0 Å². The standard InChI is InChI=1S/C15H24N4O/c1-10-6-7-12(15(17)20)9-19(10)14(11(2)16)13-5-3-4-8-18-13/h3-5,8,10-12,14H,6-7,9,16H2,1-2H3,(H2,17,20). The molecular formula is C15H24N4O. The van der Waals surface area contributed by atoms with E-state index in [2.05, 4.69) is 16.8 Å². The predicted molar refractivity (Wildman–Crippen MR) is 78.7 cm³/mol. The van der Waals surface area contributed by atoms with Crippen LogP contribution in [0.15, 0.2) is 24.4 Å². The molecule has 4 N–H and O–H groups in total. The van der Waals surface area contributed by atoms with Gasteiger partial charge >= 0.3 is 0 Å². The summed E-state index contributed by atoms with van der Waals surface area (Å²) in [5.74, 6) is -0.303. The van der Waals surface area contributed by atoms with Gasteiger partial charge in [-0.05, 0) is 38.8 Å². The molecule has 1 fully saturated rings. The number of primary amides is 1. The van der Waals surface area contributed by atoms with E-state index in [0.717, 1.165) is 18.5 Å². The number of aromatic nitrogens is 1. The van der Waals surface area contributed by atoms with E-state index in [4.69, 9.17) is 11.5 Å². The Bertz CT molecular complexity index is 448. The van der Waals surface area contributed by atoms with Crippen LogP contribution in [-0.2, 0) is 4.79 Å². The summed E-state index contributed by atoms with van der Waals surface area (Å²) in [7, 11) is 0. The number of piperidine rings is 1. The van der Waals surface area contributed by atoms with Gasteiger partial charge in [-0.15, -0.1) is 0 Å². The summed E-state index contributed by atoms with van der Waals surface area (Å²) >= 11 is 0. The van der Waals surface area contributed by atoms with E-state index < -0.39 is 0 Å². The lowest BCUT2D eigenvalue weighted by Crippen LogP contribution is -2.51. The van der Waals surface area contributed by atoms with E-state index in [1.165, 1.54) is 0 Å². The number of nitrogens with two attached hydrogens (primary N) is 2.